The van der Waals surface area contributed by atoms with Crippen LogP contribution >= 0.6 is 0 Å². The number of ketones is 1. The summed E-state index contributed by atoms with van der Waals surface area (Å²) in [4.78, 5) is 12.3. The largest absolute Gasteiger partial charge is 0.497 e. The van der Waals surface area contributed by atoms with Gasteiger partial charge in [-0.1, -0.05) is 24.3 Å². The lowest BCUT2D eigenvalue weighted by Crippen LogP contribution is -2.02. The number of anilines is 1. The number of carbonyl (C=O) groups excluding carboxylic acids is 1. The number of hydrogen-bond donors (Lipinski definition) is 1. The van der Waals surface area contributed by atoms with Crippen LogP contribution in [0.5, 0.6) is 5.75 Å². The van der Waals surface area contributed by atoms with E-state index in [9.17, 15) is 4.79 Å². The van der Waals surface area contributed by atoms with Crippen LogP contribution in [-0.4, -0.2) is 19.4 Å². The van der Waals surface area contributed by atoms with E-state index in [2.05, 4.69) is 11.4 Å². The fourth-order valence-electron chi connectivity index (χ4n) is 2.66. The number of carbonyl (C=O) groups is 1. The van der Waals surface area contributed by atoms with Crippen molar-refractivity contribution in [1.29, 1.82) is 0 Å². The first-order chi connectivity index (χ1) is 10.3. The molecule has 1 N–H and O–H groups in total. The molecule has 0 radical (unpaired) electrons. The predicted molar refractivity (Wildman–Crippen MR) is 84.3 cm³/mol. The Morgan fingerprint density at radius 3 is 2.76 bits per heavy atom. The number of aryl methyl sites for hydroxylation is 1. The molecule has 3 rings (SSSR count). The second-order valence-corrected chi connectivity index (χ2v) is 5.32. The van der Waals surface area contributed by atoms with Crippen LogP contribution in [0.15, 0.2) is 42.5 Å². The summed E-state index contributed by atoms with van der Waals surface area (Å²) in [7, 11) is 1.65. The average molecular weight is 281 g/mol. The second-order valence-electron chi connectivity index (χ2n) is 5.32. The predicted octanol–water partition coefficient (Wildman–Crippen LogP) is 3.48. The van der Waals surface area contributed by atoms with Crippen molar-refractivity contribution < 1.29 is 9.53 Å². The number of fused-ring (bicyclic) bond motifs is 1. The lowest BCUT2D eigenvalue weighted by atomic mass is 10.0. The van der Waals surface area contributed by atoms with Gasteiger partial charge in [0.1, 0.15) is 5.75 Å². The summed E-state index contributed by atoms with van der Waals surface area (Å²) in [6.45, 7) is 0.971. The minimum atomic E-state index is 0.197. The van der Waals surface area contributed by atoms with Crippen molar-refractivity contribution in [3.8, 4) is 5.75 Å². The van der Waals surface area contributed by atoms with E-state index in [-0.39, 0.29) is 5.78 Å². The van der Waals surface area contributed by atoms with Crippen LogP contribution in [0.1, 0.15) is 27.9 Å². The topological polar surface area (TPSA) is 38.3 Å². The maximum atomic E-state index is 12.3. The number of rotatable bonds is 5. The maximum absolute atomic E-state index is 12.3. The second kappa shape index (κ2) is 6.00. The van der Waals surface area contributed by atoms with Gasteiger partial charge in [-0.3, -0.25) is 4.79 Å². The van der Waals surface area contributed by atoms with E-state index >= 15 is 0 Å². The molecule has 2 aromatic carbocycles. The van der Waals surface area contributed by atoms with Gasteiger partial charge in [0.15, 0.2) is 5.78 Å². The minimum Gasteiger partial charge on any atom is -0.497 e. The van der Waals surface area contributed by atoms with Gasteiger partial charge >= 0.3 is 0 Å². The average Bonchev–Trinajstić information content (AvgIpc) is 3.00. The van der Waals surface area contributed by atoms with E-state index < -0.39 is 0 Å². The minimum absolute atomic E-state index is 0.197. The molecule has 21 heavy (non-hydrogen) atoms. The fourth-order valence-corrected chi connectivity index (χ4v) is 2.66. The number of ether oxygens (including phenoxy) is 1. The molecule has 1 aliphatic rings. The summed E-state index contributed by atoms with van der Waals surface area (Å²) >= 11 is 0. The van der Waals surface area contributed by atoms with E-state index in [1.807, 2.05) is 36.4 Å². The molecule has 0 amide bonds. The standard InChI is InChI=1S/C18H19NO2/c1-21-16-7-2-13(3-8-16)4-9-18(20)15-6-5-14-10-11-19-17(14)12-15/h2-3,5-8,12,19H,4,9-11H2,1H3. The molecule has 0 spiro atoms. The molecule has 0 saturated carbocycles. The molecule has 0 aliphatic carbocycles. The third kappa shape index (κ3) is 3.07. The number of benzene rings is 2. The Labute approximate surface area is 124 Å². The molecule has 0 fully saturated rings. The highest BCUT2D eigenvalue weighted by atomic mass is 16.5. The van der Waals surface area contributed by atoms with E-state index in [0.29, 0.717) is 6.42 Å². The third-order valence-electron chi connectivity index (χ3n) is 3.94. The first-order valence-electron chi connectivity index (χ1n) is 7.29. The van der Waals surface area contributed by atoms with Gasteiger partial charge < -0.3 is 10.1 Å². The summed E-state index contributed by atoms with van der Waals surface area (Å²) in [5.41, 5.74) is 4.38. The zero-order chi connectivity index (χ0) is 14.7. The van der Waals surface area contributed by atoms with E-state index in [1.54, 1.807) is 7.11 Å². The molecular formula is C18H19NO2. The van der Waals surface area contributed by atoms with Crippen molar-refractivity contribution in [2.24, 2.45) is 0 Å². The number of methoxy groups -OCH3 is 1. The Hall–Kier alpha value is -2.29. The lowest BCUT2D eigenvalue weighted by Gasteiger charge is -2.06. The highest BCUT2D eigenvalue weighted by Gasteiger charge is 2.13. The van der Waals surface area contributed by atoms with Crippen LogP contribution in [0.2, 0.25) is 0 Å². The summed E-state index contributed by atoms with van der Waals surface area (Å²) in [5.74, 6) is 1.04. The third-order valence-corrected chi connectivity index (χ3v) is 3.94. The van der Waals surface area contributed by atoms with Crippen LogP contribution in [-0.2, 0) is 12.8 Å². The van der Waals surface area contributed by atoms with Crippen LogP contribution in [0.25, 0.3) is 0 Å². The van der Waals surface area contributed by atoms with Crippen molar-refractivity contribution in [1.82, 2.24) is 0 Å². The molecule has 3 heteroatoms. The van der Waals surface area contributed by atoms with Gasteiger partial charge in [-0.15, -0.1) is 0 Å². The van der Waals surface area contributed by atoms with Gasteiger partial charge in [-0.05, 0) is 42.2 Å². The zero-order valence-electron chi connectivity index (χ0n) is 12.2. The Balaban J connectivity index is 1.63. The van der Waals surface area contributed by atoms with Gasteiger partial charge in [-0.25, -0.2) is 0 Å². The number of Topliss-reactive ketones (excluding diaryl/α,β-unsaturated/α-hetero) is 1. The summed E-state index contributed by atoms with van der Waals surface area (Å²) in [6.07, 6.45) is 2.34. The molecule has 1 heterocycles. The van der Waals surface area contributed by atoms with Crippen molar-refractivity contribution in [3.63, 3.8) is 0 Å². The molecule has 1 aliphatic heterocycles. The van der Waals surface area contributed by atoms with Gasteiger partial charge in [0, 0.05) is 24.2 Å². The Morgan fingerprint density at radius 2 is 2.00 bits per heavy atom. The Kier molecular flexibility index (Phi) is 3.91. The highest BCUT2D eigenvalue weighted by Crippen LogP contribution is 2.24. The molecule has 0 unspecified atom stereocenters. The maximum Gasteiger partial charge on any atom is 0.163 e. The first-order valence-corrected chi connectivity index (χ1v) is 7.29. The molecule has 108 valence electrons. The summed E-state index contributed by atoms with van der Waals surface area (Å²) in [5, 5.41) is 3.32. The van der Waals surface area contributed by atoms with Crippen molar-refractivity contribution in [2.75, 3.05) is 19.0 Å². The van der Waals surface area contributed by atoms with Crippen LogP contribution in [0.3, 0.4) is 0 Å². The van der Waals surface area contributed by atoms with Gasteiger partial charge in [0.05, 0.1) is 7.11 Å². The SMILES string of the molecule is COc1ccc(CCC(=O)c2ccc3c(c2)NCC3)cc1. The summed E-state index contributed by atoms with van der Waals surface area (Å²) in [6, 6.07) is 13.9. The Morgan fingerprint density at radius 1 is 1.19 bits per heavy atom. The summed E-state index contributed by atoms with van der Waals surface area (Å²) < 4.78 is 5.13. The van der Waals surface area contributed by atoms with Crippen LogP contribution in [0.4, 0.5) is 5.69 Å². The molecule has 0 aromatic heterocycles. The molecule has 3 nitrogen and oxygen atoms in total. The van der Waals surface area contributed by atoms with Gasteiger partial charge in [0.2, 0.25) is 0 Å². The van der Waals surface area contributed by atoms with E-state index in [4.69, 9.17) is 4.74 Å². The molecule has 0 bridgehead atoms. The van der Waals surface area contributed by atoms with E-state index in [0.717, 1.165) is 42.0 Å². The molecule has 2 aromatic rings. The highest BCUT2D eigenvalue weighted by molar-refractivity contribution is 5.97. The molecule has 0 saturated heterocycles. The monoisotopic (exact) mass is 281 g/mol. The number of hydrogen-bond acceptors (Lipinski definition) is 3. The normalized spacial score (nSPS) is 12.6. The quantitative estimate of drug-likeness (QED) is 0.853. The van der Waals surface area contributed by atoms with Crippen LogP contribution < -0.4 is 10.1 Å². The van der Waals surface area contributed by atoms with Gasteiger partial charge in [-0.2, -0.15) is 0 Å². The van der Waals surface area contributed by atoms with Gasteiger partial charge in [0.25, 0.3) is 0 Å². The molecule has 0 atom stereocenters. The smallest absolute Gasteiger partial charge is 0.163 e. The van der Waals surface area contributed by atoms with Crippen molar-refractivity contribution in [3.05, 3.63) is 59.2 Å². The van der Waals surface area contributed by atoms with E-state index in [1.165, 1.54) is 5.56 Å². The van der Waals surface area contributed by atoms with Crippen molar-refractivity contribution in [2.45, 2.75) is 19.3 Å². The fraction of sp³-hybridized carbons (Fsp3) is 0.278. The first kappa shape index (κ1) is 13.7. The number of nitrogens with one attached hydrogen (secondary N) is 1. The zero-order valence-corrected chi connectivity index (χ0v) is 12.2. The molecular weight excluding hydrogens is 262 g/mol. The Bertz CT molecular complexity index is 647. The lowest BCUT2D eigenvalue weighted by molar-refractivity contribution is 0.0983. The van der Waals surface area contributed by atoms with Crippen molar-refractivity contribution >= 4 is 11.5 Å². The van der Waals surface area contributed by atoms with Crippen LogP contribution in [0, 0.1) is 0 Å².